The highest BCUT2D eigenvalue weighted by atomic mass is 16.2. The van der Waals surface area contributed by atoms with Gasteiger partial charge in [-0.3, -0.25) is 9.59 Å². The molecule has 2 saturated carbocycles. The molecule has 0 saturated heterocycles. The Morgan fingerprint density at radius 2 is 1.68 bits per heavy atom. The molecule has 2 aromatic rings. The number of amides is 2. The SMILES string of the molecule is CN(C(=O)Cn1c(CCCCCNC(=O)C2CCCCC2)nc2ccccc21)C1CCCCC1. The zero-order valence-electron chi connectivity index (χ0n) is 20.9. The molecule has 0 unspecified atom stereocenters. The molecule has 2 fully saturated rings. The molecule has 2 amide bonds. The first kappa shape index (κ1) is 24.7. The molecule has 0 spiro atoms. The first-order valence-corrected chi connectivity index (χ1v) is 13.6. The van der Waals surface area contributed by atoms with Gasteiger partial charge in [-0.2, -0.15) is 0 Å². The molecular formula is C28H42N4O2. The smallest absolute Gasteiger partial charge is 0.242 e. The number of benzene rings is 1. The summed E-state index contributed by atoms with van der Waals surface area (Å²) in [5, 5.41) is 3.14. The maximum absolute atomic E-state index is 13.2. The summed E-state index contributed by atoms with van der Waals surface area (Å²) in [6, 6.07) is 8.51. The summed E-state index contributed by atoms with van der Waals surface area (Å²) in [7, 11) is 1.97. The summed E-state index contributed by atoms with van der Waals surface area (Å²) < 4.78 is 2.13. The van der Waals surface area contributed by atoms with E-state index in [1.807, 2.05) is 30.1 Å². The van der Waals surface area contributed by atoms with Crippen LogP contribution < -0.4 is 5.32 Å². The van der Waals surface area contributed by atoms with Crippen LogP contribution in [0, 0.1) is 5.92 Å². The molecule has 0 aliphatic heterocycles. The Balaban J connectivity index is 1.28. The normalized spacial score (nSPS) is 17.7. The van der Waals surface area contributed by atoms with Crippen LogP contribution in [-0.4, -0.2) is 45.9 Å². The summed E-state index contributed by atoms with van der Waals surface area (Å²) in [6.07, 6.45) is 15.6. The highest BCUT2D eigenvalue weighted by molar-refractivity contribution is 5.81. The van der Waals surface area contributed by atoms with Crippen LogP contribution >= 0.6 is 0 Å². The van der Waals surface area contributed by atoms with E-state index in [2.05, 4.69) is 16.0 Å². The largest absolute Gasteiger partial charge is 0.356 e. The number of nitrogens with zero attached hydrogens (tertiary/aromatic N) is 3. The topological polar surface area (TPSA) is 67.2 Å². The summed E-state index contributed by atoms with van der Waals surface area (Å²) in [5.74, 6) is 1.67. The lowest BCUT2D eigenvalue weighted by atomic mass is 9.89. The molecule has 0 atom stereocenters. The van der Waals surface area contributed by atoms with E-state index in [4.69, 9.17) is 4.98 Å². The first-order valence-electron chi connectivity index (χ1n) is 13.6. The number of nitrogens with one attached hydrogen (secondary N) is 1. The van der Waals surface area contributed by atoms with Gasteiger partial charge in [0, 0.05) is 32.0 Å². The fraction of sp³-hybridized carbons (Fsp3) is 0.679. The van der Waals surface area contributed by atoms with Gasteiger partial charge in [0.25, 0.3) is 0 Å². The maximum Gasteiger partial charge on any atom is 0.242 e. The van der Waals surface area contributed by atoms with Gasteiger partial charge in [0.2, 0.25) is 11.8 Å². The van der Waals surface area contributed by atoms with Crippen LogP contribution in [0.3, 0.4) is 0 Å². The van der Waals surface area contributed by atoms with Crippen LogP contribution in [0.25, 0.3) is 11.0 Å². The van der Waals surface area contributed by atoms with Crippen LogP contribution in [0.15, 0.2) is 24.3 Å². The van der Waals surface area contributed by atoms with E-state index in [1.54, 1.807) is 0 Å². The minimum absolute atomic E-state index is 0.182. The van der Waals surface area contributed by atoms with Crippen molar-refractivity contribution in [3.8, 4) is 0 Å². The van der Waals surface area contributed by atoms with Gasteiger partial charge >= 0.3 is 0 Å². The van der Waals surface area contributed by atoms with Gasteiger partial charge in [-0.15, -0.1) is 0 Å². The molecule has 6 heteroatoms. The number of fused-ring (bicyclic) bond motifs is 1. The Morgan fingerprint density at radius 1 is 0.971 bits per heavy atom. The van der Waals surface area contributed by atoms with Crippen molar-refractivity contribution in [1.29, 1.82) is 0 Å². The molecule has 2 aliphatic rings. The quantitative estimate of drug-likeness (QED) is 0.487. The lowest BCUT2D eigenvalue weighted by Gasteiger charge is -2.31. The predicted octanol–water partition coefficient (Wildman–Crippen LogP) is 5.24. The molecule has 0 radical (unpaired) electrons. The Labute approximate surface area is 204 Å². The monoisotopic (exact) mass is 466 g/mol. The number of aryl methyl sites for hydroxylation is 1. The lowest BCUT2D eigenvalue weighted by Crippen LogP contribution is -2.40. The minimum Gasteiger partial charge on any atom is -0.356 e. The van der Waals surface area contributed by atoms with Crippen LogP contribution in [0.1, 0.15) is 89.3 Å². The number of rotatable bonds is 10. The highest BCUT2D eigenvalue weighted by Crippen LogP contribution is 2.24. The summed E-state index contributed by atoms with van der Waals surface area (Å²) in [5.41, 5.74) is 2.01. The zero-order valence-corrected chi connectivity index (χ0v) is 20.9. The number of carbonyl (C=O) groups is 2. The second-order valence-corrected chi connectivity index (χ2v) is 10.3. The van der Waals surface area contributed by atoms with Gasteiger partial charge in [-0.05, 0) is 50.7 Å². The number of aromatic nitrogens is 2. The average Bonchev–Trinajstić information content (AvgIpc) is 3.23. The second kappa shape index (κ2) is 12.4. The molecule has 4 rings (SSSR count). The third-order valence-electron chi connectivity index (χ3n) is 7.90. The van der Waals surface area contributed by atoms with E-state index in [9.17, 15) is 9.59 Å². The van der Waals surface area contributed by atoms with E-state index >= 15 is 0 Å². The van der Waals surface area contributed by atoms with Crippen molar-refractivity contribution in [1.82, 2.24) is 19.8 Å². The van der Waals surface area contributed by atoms with Gasteiger partial charge in [-0.25, -0.2) is 4.98 Å². The van der Waals surface area contributed by atoms with Crippen LogP contribution in [0.4, 0.5) is 0 Å². The van der Waals surface area contributed by atoms with Crippen molar-refractivity contribution in [2.45, 2.75) is 102 Å². The van der Waals surface area contributed by atoms with E-state index in [1.165, 1.54) is 38.5 Å². The number of hydrogen-bond donors (Lipinski definition) is 1. The molecule has 34 heavy (non-hydrogen) atoms. The van der Waals surface area contributed by atoms with Crippen LogP contribution in [-0.2, 0) is 22.6 Å². The fourth-order valence-corrected chi connectivity index (χ4v) is 5.72. The Bertz CT molecular complexity index is 941. The number of imidazole rings is 1. The number of carbonyl (C=O) groups excluding carboxylic acids is 2. The second-order valence-electron chi connectivity index (χ2n) is 10.3. The Morgan fingerprint density at radius 3 is 2.44 bits per heavy atom. The van der Waals surface area contributed by atoms with Crippen molar-refractivity contribution < 1.29 is 9.59 Å². The third kappa shape index (κ3) is 6.39. The van der Waals surface area contributed by atoms with E-state index in [-0.39, 0.29) is 17.7 Å². The van der Waals surface area contributed by atoms with Crippen molar-refractivity contribution in [2.75, 3.05) is 13.6 Å². The molecule has 0 bridgehead atoms. The molecule has 2 aliphatic carbocycles. The van der Waals surface area contributed by atoms with Crippen LogP contribution in [0.5, 0.6) is 0 Å². The first-order chi connectivity index (χ1) is 16.6. The van der Waals surface area contributed by atoms with Crippen molar-refractivity contribution in [3.05, 3.63) is 30.1 Å². The fourth-order valence-electron chi connectivity index (χ4n) is 5.72. The van der Waals surface area contributed by atoms with Crippen molar-refractivity contribution in [3.63, 3.8) is 0 Å². The number of likely N-dealkylation sites (N-methyl/N-ethyl adjacent to an activating group) is 1. The predicted molar refractivity (Wildman–Crippen MR) is 137 cm³/mol. The molecule has 6 nitrogen and oxygen atoms in total. The lowest BCUT2D eigenvalue weighted by molar-refractivity contribution is -0.133. The van der Waals surface area contributed by atoms with Crippen molar-refractivity contribution >= 4 is 22.8 Å². The van der Waals surface area contributed by atoms with E-state index in [0.29, 0.717) is 12.6 Å². The minimum atomic E-state index is 0.182. The van der Waals surface area contributed by atoms with Gasteiger partial charge < -0.3 is 14.8 Å². The Kier molecular flexibility index (Phi) is 9.00. The van der Waals surface area contributed by atoms with E-state index < -0.39 is 0 Å². The third-order valence-corrected chi connectivity index (χ3v) is 7.90. The molecule has 186 valence electrons. The molecule has 1 aromatic carbocycles. The number of unbranched alkanes of at least 4 members (excludes halogenated alkanes) is 2. The zero-order chi connectivity index (χ0) is 23.8. The standard InChI is InChI=1S/C28H42N4O2/c1-31(23-15-7-3-8-16-23)27(33)21-32-25-18-11-10-17-24(25)30-26(32)19-9-4-12-20-29-28(34)22-13-5-2-6-14-22/h10-11,17-18,22-23H,2-9,12-16,19-21H2,1H3,(H,29,34). The molecule has 1 aromatic heterocycles. The average molecular weight is 467 g/mol. The van der Waals surface area contributed by atoms with Crippen LogP contribution in [0.2, 0.25) is 0 Å². The van der Waals surface area contributed by atoms with Gasteiger partial charge in [0.05, 0.1) is 11.0 Å². The van der Waals surface area contributed by atoms with Gasteiger partial charge in [0.15, 0.2) is 0 Å². The molecule has 1 heterocycles. The summed E-state index contributed by atoms with van der Waals surface area (Å²) in [6.45, 7) is 1.12. The maximum atomic E-state index is 13.2. The molecule has 1 N–H and O–H groups in total. The molecular weight excluding hydrogens is 424 g/mol. The van der Waals surface area contributed by atoms with Crippen molar-refractivity contribution in [2.24, 2.45) is 5.92 Å². The number of hydrogen-bond acceptors (Lipinski definition) is 3. The van der Waals surface area contributed by atoms with E-state index in [0.717, 1.165) is 74.8 Å². The Hall–Kier alpha value is -2.37. The summed E-state index contributed by atoms with van der Waals surface area (Å²) in [4.78, 5) is 32.3. The number of para-hydroxylation sites is 2. The van der Waals surface area contributed by atoms with Gasteiger partial charge in [-0.1, -0.05) is 57.1 Å². The highest BCUT2D eigenvalue weighted by Gasteiger charge is 2.24. The van der Waals surface area contributed by atoms with Gasteiger partial charge in [0.1, 0.15) is 12.4 Å². The summed E-state index contributed by atoms with van der Waals surface area (Å²) >= 11 is 0.